The number of benzene rings is 1. The number of aliphatic imine (C=N–C) groups is 1. The minimum Gasteiger partial charge on any atom is -0.356 e. The van der Waals surface area contributed by atoms with E-state index in [0.29, 0.717) is 30.6 Å². The van der Waals surface area contributed by atoms with Crippen LogP contribution >= 0.6 is 24.0 Å². The third-order valence-electron chi connectivity index (χ3n) is 2.88. The van der Waals surface area contributed by atoms with Crippen molar-refractivity contribution in [1.29, 1.82) is 0 Å². The second kappa shape index (κ2) is 9.38. The lowest BCUT2D eigenvalue weighted by Gasteiger charge is -2.11. The van der Waals surface area contributed by atoms with Gasteiger partial charge in [0.25, 0.3) is 0 Å². The molecule has 0 atom stereocenters. The Bertz CT molecular complexity index is 662. The second-order valence-corrected chi connectivity index (χ2v) is 4.57. The third-order valence-corrected chi connectivity index (χ3v) is 2.88. The summed E-state index contributed by atoms with van der Waals surface area (Å²) in [4.78, 5) is 8.08. The fourth-order valence-corrected chi connectivity index (χ4v) is 1.81. The lowest BCUT2D eigenvalue weighted by atomic mass is 10.2. The van der Waals surface area contributed by atoms with Crippen molar-refractivity contribution in [3.8, 4) is 0 Å². The van der Waals surface area contributed by atoms with Gasteiger partial charge in [0.05, 0.1) is 0 Å². The molecule has 0 unspecified atom stereocenters. The summed E-state index contributed by atoms with van der Waals surface area (Å²) in [6, 6.07) is 3.33. The molecule has 0 bridgehead atoms. The van der Waals surface area contributed by atoms with Gasteiger partial charge in [-0.2, -0.15) is 4.98 Å². The van der Waals surface area contributed by atoms with Crippen LogP contribution in [0.5, 0.6) is 0 Å². The van der Waals surface area contributed by atoms with E-state index in [1.165, 1.54) is 0 Å². The van der Waals surface area contributed by atoms with Gasteiger partial charge in [-0.3, -0.25) is 4.99 Å². The van der Waals surface area contributed by atoms with Crippen molar-refractivity contribution < 1.29 is 13.3 Å². The first-order chi connectivity index (χ1) is 10.6. The van der Waals surface area contributed by atoms with Gasteiger partial charge in [0.1, 0.15) is 11.6 Å². The molecule has 1 heterocycles. The molecule has 0 fully saturated rings. The van der Waals surface area contributed by atoms with Gasteiger partial charge in [0.15, 0.2) is 11.8 Å². The largest absolute Gasteiger partial charge is 0.356 e. The molecule has 0 aliphatic carbocycles. The second-order valence-electron chi connectivity index (χ2n) is 4.57. The smallest absolute Gasteiger partial charge is 0.228 e. The van der Waals surface area contributed by atoms with Gasteiger partial charge >= 0.3 is 0 Å². The number of rotatable bonds is 5. The molecular weight excluding hydrogens is 419 g/mol. The fraction of sp³-hybridized carbons (Fsp3) is 0.357. The molecule has 2 rings (SSSR count). The first-order valence-electron chi connectivity index (χ1n) is 6.76. The molecule has 9 heteroatoms. The SMILES string of the molecule is CN=C(NCCc1nc(C)no1)NCc1cc(F)ccc1F.I. The van der Waals surface area contributed by atoms with Crippen molar-refractivity contribution in [3.63, 3.8) is 0 Å². The van der Waals surface area contributed by atoms with E-state index in [9.17, 15) is 8.78 Å². The summed E-state index contributed by atoms with van der Waals surface area (Å²) in [5.74, 6) is 0.634. The Labute approximate surface area is 149 Å². The minimum atomic E-state index is -0.479. The van der Waals surface area contributed by atoms with Crippen LogP contribution in [0.3, 0.4) is 0 Å². The van der Waals surface area contributed by atoms with Crippen molar-refractivity contribution in [2.45, 2.75) is 19.9 Å². The van der Waals surface area contributed by atoms with E-state index in [2.05, 4.69) is 25.8 Å². The highest BCUT2D eigenvalue weighted by Gasteiger charge is 2.06. The van der Waals surface area contributed by atoms with Gasteiger partial charge < -0.3 is 15.2 Å². The number of hydrogen-bond acceptors (Lipinski definition) is 4. The normalized spacial score (nSPS) is 11.0. The van der Waals surface area contributed by atoms with Crippen molar-refractivity contribution in [2.24, 2.45) is 4.99 Å². The fourth-order valence-electron chi connectivity index (χ4n) is 1.81. The van der Waals surface area contributed by atoms with Crippen molar-refractivity contribution in [1.82, 2.24) is 20.8 Å². The number of aryl methyl sites for hydroxylation is 1. The molecule has 1 aromatic carbocycles. The van der Waals surface area contributed by atoms with Gasteiger partial charge in [-0.15, -0.1) is 24.0 Å². The average Bonchev–Trinajstić information content (AvgIpc) is 2.91. The third kappa shape index (κ3) is 6.08. The van der Waals surface area contributed by atoms with Gasteiger partial charge in [-0.25, -0.2) is 8.78 Å². The lowest BCUT2D eigenvalue weighted by Crippen LogP contribution is -2.38. The van der Waals surface area contributed by atoms with Crippen LogP contribution in [0, 0.1) is 18.6 Å². The number of guanidine groups is 1. The average molecular weight is 437 g/mol. The summed E-state index contributed by atoms with van der Waals surface area (Å²) in [6.45, 7) is 2.39. The first-order valence-corrected chi connectivity index (χ1v) is 6.76. The van der Waals surface area contributed by atoms with Crippen LogP contribution in [-0.2, 0) is 13.0 Å². The molecule has 0 aliphatic heterocycles. The Morgan fingerprint density at radius 1 is 1.30 bits per heavy atom. The highest BCUT2D eigenvalue weighted by atomic mass is 127. The summed E-state index contributed by atoms with van der Waals surface area (Å²) in [5.41, 5.74) is 0.232. The van der Waals surface area contributed by atoms with Gasteiger partial charge in [-0.1, -0.05) is 5.16 Å². The molecule has 0 spiro atoms. The van der Waals surface area contributed by atoms with E-state index in [1.807, 2.05) is 0 Å². The zero-order chi connectivity index (χ0) is 15.9. The molecule has 2 aromatic rings. The van der Waals surface area contributed by atoms with E-state index in [4.69, 9.17) is 4.52 Å². The Balaban J connectivity index is 0.00000264. The summed E-state index contributed by atoms with van der Waals surface area (Å²) in [6.07, 6.45) is 0.538. The van der Waals surface area contributed by atoms with Crippen molar-refractivity contribution in [2.75, 3.05) is 13.6 Å². The maximum absolute atomic E-state index is 13.5. The molecule has 0 saturated heterocycles. The molecule has 2 N–H and O–H groups in total. The van der Waals surface area contributed by atoms with Gasteiger partial charge in [0, 0.05) is 32.1 Å². The number of hydrogen-bond donors (Lipinski definition) is 2. The number of nitrogens with zero attached hydrogens (tertiary/aromatic N) is 3. The predicted octanol–water partition coefficient (Wildman–Crippen LogP) is 2.18. The van der Waals surface area contributed by atoms with Crippen LogP contribution in [0.4, 0.5) is 8.78 Å². The zero-order valence-corrected chi connectivity index (χ0v) is 15.1. The van der Waals surface area contributed by atoms with Crippen LogP contribution in [0.1, 0.15) is 17.3 Å². The van der Waals surface area contributed by atoms with Crippen LogP contribution in [0.15, 0.2) is 27.7 Å². The molecular formula is C14H18F2IN5O. The van der Waals surface area contributed by atoms with Crippen LogP contribution in [-0.4, -0.2) is 29.7 Å². The quantitative estimate of drug-likeness (QED) is 0.426. The standard InChI is InChI=1S/C14H17F2N5O.HI/c1-9-20-13(22-21-9)5-6-18-14(17-2)19-8-10-7-11(15)3-4-12(10)16;/h3-4,7H,5-6,8H2,1-2H3,(H2,17,18,19);1H. The van der Waals surface area contributed by atoms with E-state index in [-0.39, 0.29) is 36.1 Å². The first kappa shape index (κ1) is 19.3. The Hall–Kier alpha value is -1.78. The summed E-state index contributed by atoms with van der Waals surface area (Å²) in [5, 5.41) is 9.63. The van der Waals surface area contributed by atoms with Crippen LogP contribution in [0.25, 0.3) is 0 Å². The molecule has 0 aliphatic rings. The summed E-state index contributed by atoms with van der Waals surface area (Å²) in [7, 11) is 1.59. The van der Waals surface area contributed by atoms with Crippen molar-refractivity contribution in [3.05, 3.63) is 47.1 Å². The molecule has 1 aromatic heterocycles. The number of aromatic nitrogens is 2. The van der Waals surface area contributed by atoms with Gasteiger partial charge in [-0.05, 0) is 25.1 Å². The number of halogens is 3. The molecule has 6 nitrogen and oxygen atoms in total. The van der Waals surface area contributed by atoms with E-state index < -0.39 is 11.6 Å². The highest BCUT2D eigenvalue weighted by molar-refractivity contribution is 14.0. The predicted molar refractivity (Wildman–Crippen MR) is 92.7 cm³/mol. The maximum Gasteiger partial charge on any atom is 0.228 e. The molecule has 23 heavy (non-hydrogen) atoms. The summed E-state index contributed by atoms with van der Waals surface area (Å²) >= 11 is 0. The molecule has 0 saturated carbocycles. The monoisotopic (exact) mass is 437 g/mol. The van der Waals surface area contributed by atoms with Crippen LogP contribution < -0.4 is 10.6 Å². The molecule has 0 amide bonds. The highest BCUT2D eigenvalue weighted by Crippen LogP contribution is 2.09. The number of nitrogens with one attached hydrogen (secondary N) is 2. The van der Waals surface area contributed by atoms with E-state index in [1.54, 1.807) is 14.0 Å². The van der Waals surface area contributed by atoms with Crippen LogP contribution in [0.2, 0.25) is 0 Å². The van der Waals surface area contributed by atoms with E-state index in [0.717, 1.165) is 18.2 Å². The topological polar surface area (TPSA) is 75.3 Å². The molecule has 0 radical (unpaired) electrons. The zero-order valence-electron chi connectivity index (χ0n) is 12.8. The summed E-state index contributed by atoms with van der Waals surface area (Å²) < 4.78 is 31.6. The lowest BCUT2D eigenvalue weighted by molar-refractivity contribution is 0.374. The van der Waals surface area contributed by atoms with E-state index >= 15 is 0 Å². The van der Waals surface area contributed by atoms with Crippen molar-refractivity contribution >= 4 is 29.9 Å². The Kier molecular flexibility index (Phi) is 7.86. The minimum absolute atomic E-state index is 0. The maximum atomic E-state index is 13.5. The molecule has 126 valence electrons. The Morgan fingerprint density at radius 2 is 2.09 bits per heavy atom. The van der Waals surface area contributed by atoms with Gasteiger partial charge in [0.2, 0.25) is 5.89 Å². The Morgan fingerprint density at radius 3 is 2.74 bits per heavy atom.